The Hall–Kier alpha value is -0.700. The van der Waals surface area contributed by atoms with Crippen LogP contribution in [0.2, 0.25) is 0 Å². The second-order valence-electron chi connectivity index (χ2n) is 8.30. The van der Waals surface area contributed by atoms with Gasteiger partial charge >= 0.3 is 0 Å². The molecule has 0 saturated heterocycles. The summed E-state index contributed by atoms with van der Waals surface area (Å²) >= 11 is 0. The van der Waals surface area contributed by atoms with Gasteiger partial charge in [-0.3, -0.25) is 9.46 Å². The van der Waals surface area contributed by atoms with Crippen LogP contribution >= 0.6 is 30.5 Å². The summed E-state index contributed by atoms with van der Waals surface area (Å²) in [5.74, 6) is 2.45. The molecule has 168 valence electrons. The van der Waals surface area contributed by atoms with Crippen LogP contribution in [0.1, 0.15) is 59.9 Å². The van der Waals surface area contributed by atoms with Gasteiger partial charge < -0.3 is 9.84 Å². The molecule has 4 nitrogen and oxygen atoms in total. The molecule has 0 heterocycles. The fraction of sp³-hybridized carbons (Fsp3) is 0.609. The van der Waals surface area contributed by atoms with Crippen molar-refractivity contribution in [1.82, 2.24) is 9.99 Å². The zero-order chi connectivity index (χ0) is 22.6. The van der Waals surface area contributed by atoms with Gasteiger partial charge in [0.05, 0.1) is 22.1 Å². The molecule has 0 aliphatic rings. The smallest absolute Gasteiger partial charge is 0.220 e. The molecule has 30 heavy (non-hydrogen) atoms. The maximum absolute atomic E-state index is 11.8. The Kier molecular flexibility index (Phi) is 13.1. The summed E-state index contributed by atoms with van der Waals surface area (Å²) in [4.78, 5) is 13.1. The minimum atomic E-state index is -0.0157. The number of terminal acetylenes is 1. The van der Waals surface area contributed by atoms with Crippen LogP contribution in [-0.4, -0.2) is 40.6 Å². The Bertz CT molecular complexity index is 682. The molecule has 0 bridgehead atoms. The number of carbonyl (C=O) groups is 1. The normalized spacial score (nSPS) is 12.3. The van der Waals surface area contributed by atoms with E-state index in [4.69, 9.17) is 10.9 Å². The third kappa shape index (κ3) is 11.1. The van der Waals surface area contributed by atoms with Crippen molar-refractivity contribution in [3.05, 3.63) is 29.8 Å². The number of carbonyl (C=O) groups excluding carboxylic acids is 1. The zero-order valence-electron chi connectivity index (χ0n) is 19.2. The molecule has 1 amide bonds. The summed E-state index contributed by atoms with van der Waals surface area (Å²) in [5.41, 5.74) is 1.31. The van der Waals surface area contributed by atoms with E-state index in [2.05, 4.69) is 81.7 Å². The van der Waals surface area contributed by atoms with Crippen LogP contribution in [0.15, 0.2) is 29.2 Å². The molecule has 0 aromatic heterocycles. The molecule has 0 aliphatic heterocycles. The van der Waals surface area contributed by atoms with E-state index in [0.717, 1.165) is 19.4 Å². The molecule has 0 spiro atoms. The van der Waals surface area contributed by atoms with E-state index in [-0.39, 0.29) is 10.7 Å². The number of hydrogen-bond acceptors (Lipinski definition) is 5. The van der Waals surface area contributed by atoms with Crippen LogP contribution < -0.4 is 5.32 Å². The highest BCUT2D eigenvalue weighted by atomic mass is 33.1. The molecule has 1 aromatic carbocycles. The molecule has 0 fully saturated rings. The van der Waals surface area contributed by atoms with Crippen molar-refractivity contribution < 1.29 is 9.32 Å². The number of amides is 1. The van der Waals surface area contributed by atoms with Crippen LogP contribution in [0, 0.1) is 12.3 Å². The number of hydrogen-bond donors (Lipinski definition) is 1. The topological polar surface area (TPSA) is 41.6 Å². The molecular weight excluding hydrogens is 431 g/mol. The molecule has 1 rings (SSSR count). The van der Waals surface area contributed by atoms with Crippen molar-refractivity contribution in [2.75, 3.05) is 13.2 Å². The third-order valence-corrected chi connectivity index (χ3v) is 9.46. The van der Waals surface area contributed by atoms with Gasteiger partial charge in [0.2, 0.25) is 5.91 Å². The van der Waals surface area contributed by atoms with Gasteiger partial charge in [-0.1, -0.05) is 45.7 Å². The molecule has 1 N–H and O–H groups in total. The van der Waals surface area contributed by atoms with Gasteiger partial charge in [0, 0.05) is 28.1 Å². The summed E-state index contributed by atoms with van der Waals surface area (Å²) in [6.07, 6.45) is 7.37. The van der Waals surface area contributed by atoms with Crippen LogP contribution in [0.25, 0.3) is 0 Å². The minimum absolute atomic E-state index is 0.0156. The van der Waals surface area contributed by atoms with E-state index in [1.807, 2.05) is 10.8 Å². The quantitative estimate of drug-likeness (QED) is 0.159. The predicted molar refractivity (Wildman–Crippen MR) is 135 cm³/mol. The number of rotatable bonds is 14. The van der Waals surface area contributed by atoms with Crippen LogP contribution in [-0.2, 0) is 15.7 Å². The van der Waals surface area contributed by atoms with E-state index < -0.39 is 0 Å². The fourth-order valence-corrected chi connectivity index (χ4v) is 6.09. The molecule has 0 radical (unpaired) electrons. The van der Waals surface area contributed by atoms with E-state index in [1.165, 1.54) is 10.5 Å². The van der Waals surface area contributed by atoms with Crippen molar-refractivity contribution in [1.29, 1.82) is 0 Å². The molecular formula is C23H37N2O2PS2. The van der Waals surface area contributed by atoms with Crippen LogP contribution in [0.4, 0.5) is 0 Å². The van der Waals surface area contributed by atoms with Gasteiger partial charge in [0.1, 0.15) is 0 Å². The van der Waals surface area contributed by atoms with E-state index in [0.29, 0.717) is 34.0 Å². The van der Waals surface area contributed by atoms with Crippen LogP contribution in [0.3, 0.4) is 0 Å². The highest BCUT2D eigenvalue weighted by Gasteiger charge is 2.21. The highest BCUT2D eigenvalue weighted by molar-refractivity contribution is 8.77. The summed E-state index contributed by atoms with van der Waals surface area (Å²) < 4.78 is 8.36. The second kappa shape index (κ2) is 14.4. The van der Waals surface area contributed by atoms with Crippen molar-refractivity contribution in [3.63, 3.8) is 0 Å². The summed E-state index contributed by atoms with van der Waals surface area (Å²) in [5, 5.41) is 2.73. The first kappa shape index (κ1) is 27.3. The molecule has 1 aromatic rings. The molecule has 7 heteroatoms. The fourth-order valence-electron chi connectivity index (χ4n) is 2.73. The summed E-state index contributed by atoms with van der Waals surface area (Å²) in [6.45, 7) is 14.2. The summed E-state index contributed by atoms with van der Waals surface area (Å²) in [6, 6.07) is 9.48. The van der Waals surface area contributed by atoms with Gasteiger partial charge in [-0.15, -0.1) is 6.42 Å². The Labute approximate surface area is 193 Å². The number of nitrogens with one attached hydrogen (secondary N) is 1. The second-order valence-corrected chi connectivity index (χ2v) is 12.2. The maximum atomic E-state index is 11.8. The monoisotopic (exact) mass is 468 g/mol. The lowest BCUT2D eigenvalue weighted by Crippen LogP contribution is -2.29. The zero-order valence-corrected chi connectivity index (χ0v) is 21.8. The van der Waals surface area contributed by atoms with E-state index >= 15 is 0 Å². The average Bonchev–Trinajstić information content (AvgIpc) is 2.69. The van der Waals surface area contributed by atoms with Crippen molar-refractivity contribution in [2.24, 2.45) is 0 Å². The standard InChI is InChI=1S/C23H37N2O2PS2/c1-8-16-24-22(26)13-15-23(6,7)30-29-21-12-10-9-11-20(21)14-17-27-28-25(18(2)3)19(4)5/h1,9-12,18-19,28H,13-17H2,2-7H3,(H,24,26). The van der Waals surface area contributed by atoms with E-state index in [1.54, 1.807) is 10.8 Å². The third-order valence-electron chi connectivity index (χ3n) is 4.43. The first-order chi connectivity index (χ1) is 14.2. The summed E-state index contributed by atoms with van der Waals surface area (Å²) in [7, 11) is 3.99. The predicted octanol–water partition coefficient (Wildman–Crippen LogP) is 5.92. The minimum Gasteiger partial charge on any atom is -0.346 e. The first-order valence-electron chi connectivity index (χ1n) is 10.5. The molecule has 0 aliphatic carbocycles. The first-order valence-corrected chi connectivity index (χ1v) is 13.5. The highest BCUT2D eigenvalue weighted by Crippen LogP contribution is 2.44. The largest absolute Gasteiger partial charge is 0.346 e. The van der Waals surface area contributed by atoms with Crippen molar-refractivity contribution >= 4 is 36.5 Å². The molecule has 1 atom stereocenters. The van der Waals surface area contributed by atoms with E-state index in [9.17, 15) is 4.79 Å². The Morgan fingerprint density at radius 3 is 2.57 bits per heavy atom. The Morgan fingerprint density at radius 2 is 1.93 bits per heavy atom. The number of benzene rings is 1. The number of nitrogens with zero attached hydrogens (tertiary/aromatic N) is 1. The molecule has 0 saturated carbocycles. The van der Waals surface area contributed by atoms with Gasteiger partial charge in [-0.05, 0) is 66.0 Å². The SMILES string of the molecule is C#CCNC(=O)CCC(C)(C)SSc1ccccc1CCOPN(C(C)C)C(C)C. The average molecular weight is 469 g/mol. The van der Waals surface area contributed by atoms with Gasteiger partial charge in [-0.2, -0.15) is 0 Å². The maximum Gasteiger partial charge on any atom is 0.220 e. The lowest BCUT2D eigenvalue weighted by molar-refractivity contribution is -0.121. The Balaban J connectivity index is 2.51. The van der Waals surface area contributed by atoms with Gasteiger partial charge in [0.15, 0.2) is 0 Å². The van der Waals surface area contributed by atoms with Gasteiger partial charge in [0.25, 0.3) is 0 Å². The Morgan fingerprint density at radius 1 is 1.27 bits per heavy atom. The van der Waals surface area contributed by atoms with Crippen molar-refractivity contribution in [2.45, 2.75) is 82.5 Å². The van der Waals surface area contributed by atoms with Crippen molar-refractivity contribution in [3.8, 4) is 12.3 Å². The van der Waals surface area contributed by atoms with Crippen LogP contribution in [0.5, 0.6) is 0 Å². The lowest BCUT2D eigenvalue weighted by Gasteiger charge is -2.29. The van der Waals surface area contributed by atoms with Gasteiger partial charge in [-0.25, -0.2) is 0 Å². The lowest BCUT2D eigenvalue weighted by atomic mass is 10.1. The molecule has 1 unspecified atom stereocenters.